The third kappa shape index (κ3) is 7.39. The molecule has 2 N–H and O–H groups in total. The maximum absolute atomic E-state index is 12.9. The molecule has 0 fully saturated rings. The average Bonchev–Trinajstić information content (AvgIpc) is 2.69. The fourth-order valence-corrected chi connectivity index (χ4v) is 2.62. The zero-order valence-electron chi connectivity index (χ0n) is 16.2. The van der Waals surface area contributed by atoms with Crippen molar-refractivity contribution in [3.63, 3.8) is 0 Å². The number of nitrogens with zero attached hydrogens (tertiary/aromatic N) is 1. The van der Waals surface area contributed by atoms with E-state index >= 15 is 0 Å². The van der Waals surface area contributed by atoms with E-state index < -0.39 is 11.7 Å². The van der Waals surface area contributed by atoms with Crippen LogP contribution < -0.4 is 10.2 Å². The first-order chi connectivity index (χ1) is 13.6. The van der Waals surface area contributed by atoms with E-state index in [1.807, 2.05) is 0 Å². The number of ether oxygens (including phenoxy) is 1. The molecule has 6 heteroatoms. The molecule has 2 aromatic carbocycles. The average molecular weight is 386 g/mol. The molecule has 0 aromatic heterocycles. The van der Waals surface area contributed by atoms with Crippen LogP contribution in [0.1, 0.15) is 61.4 Å². The number of phenols is 1. The molecular formula is C22H27FN2O3. The molecule has 0 atom stereocenters. The number of halogens is 1. The van der Waals surface area contributed by atoms with Gasteiger partial charge >= 0.3 is 0 Å². The molecule has 1 amide bonds. The smallest absolute Gasteiger partial charge is 0.271 e. The van der Waals surface area contributed by atoms with Gasteiger partial charge in [0.05, 0.1) is 12.8 Å². The quantitative estimate of drug-likeness (QED) is 0.323. The number of carbonyl (C=O) groups excluding carboxylic acids is 1. The summed E-state index contributed by atoms with van der Waals surface area (Å²) in [5.41, 5.74) is 3.08. The minimum atomic E-state index is -0.463. The van der Waals surface area contributed by atoms with Crippen LogP contribution in [-0.2, 0) is 0 Å². The molecule has 0 aliphatic carbocycles. The molecule has 5 nitrogen and oxygen atoms in total. The van der Waals surface area contributed by atoms with E-state index in [1.165, 1.54) is 62.2 Å². The van der Waals surface area contributed by atoms with Gasteiger partial charge in [0.25, 0.3) is 5.91 Å². The van der Waals surface area contributed by atoms with E-state index in [-0.39, 0.29) is 5.75 Å². The van der Waals surface area contributed by atoms with Crippen molar-refractivity contribution >= 4 is 12.1 Å². The molecule has 0 saturated carbocycles. The lowest BCUT2D eigenvalue weighted by atomic mass is 10.1. The Hall–Kier alpha value is -2.89. The van der Waals surface area contributed by atoms with Crippen molar-refractivity contribution in [3.05, 3.63) is 59.4 Å². The van der Waals surface area contributed by atoms with Gasteiger partial charge in [0.1, 0.15) is 17.3 Å². The Morgan fingerprint density at radius 3 is 2.54 bits per heavy atom. The second-order valence-electron chi connectivity index (χ2n) is 6.54. The summed E-state index contributed by atoms with van der Waals surface area (Å²) in [5.74, 6) is -0.266. The maximum atomic E-state index is 12.9. The number of aromatic hydroxyl groups is 1. The van der Waals surface area contributed by atoms with Crippen molar-refractivity contribution in [1.29, 1.82) is 0 Å². The molecule has 0 heterocycles. The van der Waals surface area contributed by atoms with Gasteiger partial charge in [-0.1, -0.05) is 39.0 Å². The summed E-state index contributed by atoms with van der Waals surface area (Å²) < 4.78 is 18.5. The summed E-state index contributed by atoms with van der Waals surface area (Å²) in [6.07, 6.45) is 8.48. The zero-order valence-corrected chi connectivity index (χ0v) is 16.2. The predicted molar refractivity (Wildman–Crippen MR) is 108 cm³/mol. The van der Waals surface area contributed by atoms with Crippen LogP contribution in [0.3, 0.4) is 0 Å². The van der Waals surface area contributed by atoms with Crippen molar-refractivity contribution in [2.24, 2.45) is 5.10 Å². The lowest BCUT2D eigenvalue weighted by molar-refractivity contribution is 0.0955. The van der Waals surface area contributed by atoms with Crippen LogP contribution in [0, 0.1) is 5.82 Å². The second kappa shape index (κ2) is 11.7. The number of amides is 1. The number of nitrogens with one attached hydrogen (secondary N) is 1. The van der Waals surface area contributed by atoms with Crippen molar-refractivity contribution in [1.82, 2.24) is 5.43 Å². The highest BCUT2D eigenvalue weighted by Crippen LogP contribution is 2.22. The molecule has 2 rings (SSSR count). The number of hydrazone groups is 1. The van der Waals surface area contributed by atoms with Crippen LogP contribution in [0.25, 0.3) is 0 Å². The Balaban J connectivity index is 1.77. The molecule has 0 saturated heterocycles. The molecule has 0 radical (unpaired) electrons. The largest absolute Gasteiger partial charge is 0.507 e. The van der Waals surface area contributed by atoms with Crippen LogP contribution in [0.5, 0.6) is 11.5 Å². The highest BCUT2D eigenvalue weighted by atomic mass is 19.1. The molecule has 0 spiro atoms. The topological polar surface area (TPSA) is 70.9 Å². The van der Waals surface area contributed by atoms with Crippen molar-refractivity contribution in [2.75, 3.05) is 6.61 Å². The number of hydrogen-bond acceptors (Lipinski definition) is 4. The Kier molecular flexibility index (Phi) is 8.98. The fourth-order valence-electron chi connectivity index (χ4n) is 2.62. The fraction of sp³-hybridized carbons (Fsp3) is 0.364. The summed E-state index contributed by atoms with van der Waals surface area (Å²) in [7, 11) is 0. The van der Waals surface area contributed by atoms with E-state index in [0.717, 1.165) is 12.8 Å². The van der Waals surface area contributed by atoms with Gasteiger partial charge in [-0.2, -0.15) is 5.10 Å². The van der Waals surface area contributed by atoms with Crippen molar-refractivity contribution < 1.29 is 19.0 Å². The molecule has 0 unspecified atom stereocenters. The van der Waals surface area contributed by atoms with Gasteiger partial charge in [-0.05, 0) is 42.8 Å². The van der Waals surface area contributed by atoms with Gasteiger partial charge in [-0.15, -0.1) is 0 Å². The van der Waals surface area contributed by atoms with Crippen LogP contribution in [0.2, 0.25) is 0 Å². The van der Waals surface area contributed by atoms with Gasteiger partial charge in [0, 0.05) is 17.2 Å². The van der Waals surface area contributed by atoms with Crippen molar-refractivity contribution in [3.8, 4) is 11.5 Å². The number of phenolic OH excluding ortho intramolecular Hbond substituents is 1. The summed E-state index contributed by atoms with van der Waals surface area (Å²) in [6, 6.07) is 10.1. The maximum Gasteiger partial charge on any atom is 0.271 e. The Bertz CT molecular complexity index is 776. The minimum Gasteiger partial charge on any atom is -0.507 e. The normalized spacial score (nSPS) is 10.9. The Morgan fingerprint density at radius 1 is 1.11 bits per heavy atom. The highest BCUT2D eigenvalue weighted by Gasteiger charge is 2.05. The number of rotatable bonds is 11. The third-order valence-corrected chi connectivity index (χ3v) is 4.24. The summed E-state index contributed by atoms with van der Waals surface area (Å²) >= 11 is 0. The van der Waals surface area contributed by atoms with Gasteiger partial charge < -0.3 is 9.84 Å². The standard InChI is InChI=1S/C22H27FN2O3/c1-2-3-4-5-6-7-14-28-20-13-10-18(21(26)15-20)16-24-25-22(27)17-8-11-19(23)12-9-17/h8-13,15-16,26H,2-7,14H2,1H3,(H,25,27)/b24-16+. The molecule has 28 heavy (non-hydrogen) atoms. The van der Waals surface area contributed by atoms with Crippen LogP contribution >= 0.6 is 0 Å². The van der Waals surface area contributed by atoms with E-state index in [2.05, 4.69) is 17.5 Å². The zero-order chi connectivity index (χ0) is 20.2. The molecular weight excluding hydrogens is 359 g/mol. The summed E-state index contributed by atoms with van der Waals surface area (Å²) in [6.45, 7) is 2.82. The number of unbranched alkanes of at least 4 members (excludes halogenated alkanes) is 5. The first kappa shape index (κ1) is 21.4. The number of benzene rings is 2. The van der Waals surface area contributed by atoms with Gasteiger partial charge in [-0.25, -0.2) is 9.82 Å². The van der Waals surface area contributed by atoms with Crippen LogP contribution in [0.4, 0.5) is 4.39 Å². The first-order valence-corrected chi connectivity index (χ1v) is 9.65. The van der Waals surface area contributed by atoms with Gasteiger partial charge in [0.15, 0.2) is 0 Å². The minimum absolute atomic E-state index is 0.0141. The van der Waals surface area contributed by atoms with Gasteiger partial charge in [-0.3, -0.25) is 4.79 Å². The Labute approximate surface area is 165 Å². The highest BCUT2D eigenvalue weighted by molar-refractivity contribution is 5.95. The van der Waals surface area contributed by atoms with Crippen LogP contribution in [-0.4, -0.2) is 23.8 Å². The molecule has 0 aliphatic heterocycles. The van der Waals surface area contributed by atoms with Crippen LogP contribution in [0.15, 0.2) is 47.6 Å². The summed E-state index contributed by atoms with van der Waals surface area (Å²) in [5, 5.41) is 13.9. The Morgan fingerprint density at radius 2 is 1.82 bits per heavy atom. The van der Waals surface area contributed by atoms with Gasteiger partial charge in [0.2, 0.25) is 0 Å². The SMILES string of the molecule is CCCCCCCCOc1ccc(/C=N/NC(=O)c2ccc(F)cc2)c(O)c1. The molecule has 2 aromatic rings. The lowest BCUT2D eigenvalue weighted by Gasteiger charge is -2.08. The lowest BCUT2D eigenvalue weighted by Crippen LogP contribution is -2.17. The third-order valence-electron chi connectivity index (χ3n) is 4.24. The first-order valence-electron chi connectivity index (χ1n) is 9.65. The molecule has 150 valence electrons. The summed E-state index contributed by atoms with van der Waals surface area (Å²) in [4.78, 5) is 11.9. The monoisotopic (exact) mass is 386 g/mol. The second-order valence-corrected chi connectivity index (χ2v) is 6.54. The number of hydrogen-bond donors (Lipinski definition) is 2. The van der Waals surface area contributed by atoms with Crippen molar-refractivity contribution in [2.45, 2.75) is 45.4 Å². The molecule has 0 aliphatic rings. The predicted octanol–water partition coefficient (Wildman–Crippen LogP) is 5.03. The van der Waals surface area contributed by atoms with E-state index in [4.69, 9.17) is 4.74 Å². The van der Waals surface area contributed by atoms with E-state index in [1.54, 1.807) is 12.1 Å². The number of carbonyl (C=O) groups is 1. The van der Waals surface area contributed by atoms with E-state index in [0.29, 0.717) is 23.5 Å². The molecule has 0 bridgehead atoms. The van der Waals surface area contributed by atoms with E-state index in [9.17, 15) is 14.3 Å².